The minimum absolute atomic E-state index is 0.470. The average Bonchev–Trinajstić information content (AvgIpc) is 2.76. The molecule has 0 amide bonds. The predicted molar refractivity (Wildman–Crippen MR) is 75.3 cm³/mol. The van der Waals surface area contributed by atoms with E-state index in [-0.39, 0.29) is 0 Å². The number of hydrogen-bond acceptors (Lipinski definition) is 2. The lowest BCUT2D eigenvalue weighted by Gasteiger charge is -2.37. The summed E-state index contributed by atoms with van der Waals surface area (Å²) in [4.78, 5) is 0. The highest BCUT2D eigenvalue weighted by atomic mass is 15.3. The number of nitrogens with zero attached hydrogens (tertiary/aromatic N) is 2. The third-order valence-electron chi connectivity index (χ3n) is 4.71. The quantitative estimate of drug-likeness (QED) is 0.888. The predicted octanol–water partition coefficient (Wildman–Crippen LogP) is 3.14. The first-order valence-electron chi connectivity index (χ1n) is 7.34. The molecule has 1 aromatic rings. The first kappa shape index (κ1) is 13.6. The average molecular weight is 249 g/mol. The van der Waals surface area contributed by atoms with Crippen LogP contribution in [0.4, 0.5) is 0 Å². The van der Waals surface area contributed by atoms with Crippen molar-refractivity contribution in [3.63, 3.8) is 0 Å². The first-order valence-corrected chi connectivity index (χ1v) is 7.34. The van der Waals surface area contributed by atoms with Crippen LogP contribution in [0.5, 0.6) is 0 Å². The van der Waals surface area contributed by atoms with E-state index in [1.807, 2.05) is 10.9 Å². The van der Waals surface area contributed by atoms with Crippen LogP contribution >= 0.6 is 0 Å². The topological polar surface area (TPSA) is 29.9 Å². The minimum Gasteiger partial charge on any atom is -0.309 e. The van der Waals surface area contributed by atoms with Crippen LogP contribution in [0, 0.1) is 17.8 Å². The van der Waals surface area contributed by atoms with E-state index in [9.17, 15) is 0 Å². The van der Waals surface area contributed by atoms with Crippen LogP contribution in [0.1, 0.15) is 51.8 Å². The second-order valence-electron chi connectivity index (χ2n) is 5.94. The van der Waals surface area contributed by atoms with Crippen molar-refractivity contribution in [2.24, 2.45) is 24.8 Å². The molecule has 1 saturated carbocycles. The summed E-state index contributed by atoms with van der Waals surface area (Å²) in [5, 5.41) is 8.00. The molecular formula is C15H27N3. The Morgan fingerprint density at radius 1 is 1.39 bits per heavy atom. The maximum absolute atomic E-state index is 4.33. The van der Waals surface area contributed by atoms with E-state index in [1.165, 1.54) is 25.0 Å². The van der Waals surface area contributed by atoms with Crippen molar-refractivity contribution in [3.05, 3.63) is 18.0 Å². The molecule has 4 unspecified atom stereocenters. The van der Waals surface area contributed by atoms with Crippen LogP contribution in [-0.4, -0.2) is 16.3 Å². The zero-order chi connectivity index (χ0) is 13.1. The van der Waals surface area contributed by atoms with Crippen molar-refractivity contribution >= 4 is 0 Å². The lowest BCUT2D eigenvalue weighted by atomic mass is 9.72. The Labute approximate surface area is 111 Å². The van der Waals surface area contributed by atoms with Gasteiger partial charge in [-0.1, -0.05) is 27.2 Å². The van der Waals surface area contributed by atoms with E-state index in [0.29, 0.717) is 6.04 Å². The van der Waals surface area contributed by atoms with Gasteiger partial charge in [0.15, 0.2) is 0 Å². The molecular weight excluding hydrogens is 222 g/mol. The van der Waals surface area contributed by atoms with Crippen molar-refractivity contribution in [2.45, 2.75) is 46.1 Å². The van der Waals surface area contributed by atoms with Crippen LogP contribution in [-0.2, 0) is 7.05 Å². The highest BCUT2D eigenvalue weighted by molar-refractivity contribution is 5.09. The molecule has 2 rings (SSSR count). The zero-order valence-corrected chi connectivity index (χ0v) is 12.2. The molecule has 0 spiro atoms. The maximum Gasteiger partial charge on any atom is 0.0553 e. The van der Waals surface area contributed by atoms with Gasteiger partial charge in [0, 0.05) is 13.2 Å². The Hall–Kier alpha value is -0.830. The number of rotatable bonds is 4. The fourth-order valence-corrected chi connectivity index (χ4v) is 3.31. The van der Waals surface area contributed by atoms with Crippen molar-refractivity contribution in [1.82, 2.24) is 15.1 Å². The van der Waals surface area contributed by atoms with E-state index in [1.54, 1.807) is 0 Å². The Balaban J connectivity index is 2.13. The fraction of sp³-hybridized carbons (Fsp3) is 0.800. The van der Waals surface area contributed by atoms with Crippen LogP contribution in [0.25, 0.3) is 0 Å². The molecule has 18 heavy (non-hydrogen) atoms. The molecule has 1 fully saturated rings. The van der Waals surface area contributed by atoms with Gasteiger partial charge in [-0.3, -0.25) is 4.68 Å². The van der Waals surface area contributed by atoms with Crippen molar-refractivity contribution in [1.29, 1.82) is 0 Å². The number of hydrogen-bond donors (Lipinski definition) is 1. The summed E-state index contributed by atoms with van der Waals surface area (Å²) in [5.74, 6) is 2.49. The lowest BCUT2D eigenvalue weighted by molar-refractivity contribution is 0.168. The second-order valence-corrected chi connectivity index (χ2v) is 5.94. The van der Waals surface area contributed by atoms with E-state index >= 15 is 0 Å². The van der Waals surface area contributed by atoms with Crippen LogP contribution in [0.2, 0.25) is 0 Å². The molecule has 1 aliphatic carbocycles. The summed E-state index contributed by atoms with van der Waals surface area (Å²) in [6, 6.07) is 2.63. The molecule has 0 aliphatic heterocycles. The molecule has 4 atom stereocenters. The minimum atomic E-state index is 0.470. The Kier molecular flexibility index (Phi) is 4.44. The smallest absolute Gasteiger partial charge is 0.0553 e. The van der Waals surface area contributed by atoms with Gasteiger partial charge < -0.3 is 5.32 Å². The van der Waals surface area contributed by atoms with Crippen LogP contribution in [0.3, 0.4) is 0 Å². The lowest BCUT2D eigenvalue weighted by Crippen LogP contribution is -2.34. The molecule has 1 aromatic heterocycles. The summed E-state index contributed by atoms with van der Waals surface area (Å²) in [6.07, 6.45) is 5.96. The molecule has 0 saturated heterocycles. The maximum atomic E-state index is 4.33. The summed E-state index contributed by atoms with van der Waals surface area (Å²) in [5.41, 5.74) is 1.34. The van der Waals surface area contributed by atoms with Gasteiger partial charge in [-0.2, -0.15) is 5.10 Å². The Morgan fingerprint density at radius 2 is 2.17 bits per heavy atom. The van der Waals surface area contributed by atoms with Gasteiger partial charge in [0.1, 0.15) is 0 Å². The molecule has 1 heterocycles. The fourth-order valence-electron chi connectivity index (χ4n) is 3.31. The van der Waals surface area contributed by atoms with Gasteiger partial charge in [-0.15, -0.1) is 0 Å². The second kappa shape index (κ2) is 5.87. The van der Waals surface area contributed by atoms with Crippen molar-refractivity contribution in [2.75, 3.05) is 6.54 Å². The van der Waals surface area contributed by atoms with Gasteiger partial charge in [-0.25, -0.2) is 0 Å². The Bertz CT molecular complexity index is 372. The summed E-state index contributed by atoms with van der Waals surface area (Å²) in [7, 11) is 2.05. The van der Waals surface area contributed by atoms with E-state index < -0.39 is 0 Å². The largest absolute Gasteiger partial charge is 0.309 e. The third kappa shape index (κ3) is 2.77. The highest BCUT2D eigenvalue weighted by Crippen LogP contribution is 2.39. The summed E-state index contributed by atoms with van der Waals surface area (Å²) >= 11 is 0. The third-order valence-corrected chi connectivity index (χ3v) is 4.71. The molecule has 102 valence electrons. The van der Waals surface area contributed by atoms with E-state index in [4.69, 9.17) is 0 Å². The number of nitrogens with one attached hydrogen (secondary N) is 1. The number of aryl methyl sites for hydroxylation is 1. The van der Waals surface area contributed by atoms with Crippen molar-refractivity contribution < 1.29 is 0 Å². The monoisotopic (exact) mass is 249 g/mol. The van der Waals surface area contributed by atoms with Gasteiger partial charge in [0.05, 0.1) is 11.7 Å². The number of aromatic nitrogens is 2. The normalized spacial score (nSPS) is 30.3. The Morgan fingerprint density at radius 3 is 2.72 bits per heavy atom. The highest BCUT2D eigenvalue weighted by Gasteiger charge is 2.31. The van der Waals surface area contributed by atoms with Crippen LogP contribution in [0.15, 0.2) is 12.3 Å². The van der Waals surface area contributed by atoms with Gasteiger partial charge in [0.2, 0.25) is 0 Å². The molecule has 1 aliphatic rings. The van der Waals surface area contributed by atoms with E-state index in [2.05, 4.69) is 44.3 Å². The molecule has 3 nitrogen and oxygen atoms in total. The summed E-state index contributed by atoms with van der Waals surface area (Å²) in [6.45, 7) is 8.02. The molecule has 1 N–H and O–H groups in total. The molecule has 0 radical (unpaired) electrons. The van der Waals surface area contributed by atoms with Gasteiger partial charge in [-0.05, 0) is 43.2 Å². The molecule has 3 heteroatoms. The molecule has 0 bridgehead atoms. The standard InChI is InChI=1S/C15H27N3/c1-5-16-15(14-8-9-17-18(14)4)13-7-6-11(2)12(3)10-13/h8-9,11-13,15-16H,5-7,10H2,1-4H3. The first-order chi connectivity index (χ1) is 8.63. The van der Waals surface area contributed by atoms with Crippen molar-refractivity contribution in [3.8, 4) is 0 Å². The summed E-state index contributed by atoms with van der Waals surface area (Å²) < 4.78 is 2.02. The van der Waals surface area contributed by atoms with Gasteiger partial charge in [0.25, 0.3) is 0 Å². The van der Waals surface area contributed by atoms with Crippen LogP contribution < -0.4 is 5.32 Å². The van der Waals surface area contributed by atoms with E-state index in [0.717, 1.165) is 24.3 Å². The molecule has 0 aromatic carbocycles. The zero-order valence-electron chi connectivity index (χ0n) is 12.2. The van der Waals surface area contributed by atoms with Gasteiger partial charge >= 0.3 is 0 Å². The SMILES string of the molecule is CCNC(c1ccnn1C)C1CCC(C)C(C)C1.